The molecule has 0 atom stereocenters. The van der Waals surface area contributed by atoms with Gasteiger partial charge in [0.2, 0.25) is 0 Å². The van der Waals surface area contributed by atoms with Gasteiger partial charge in [-0.2, -0.15) is 5.26 Å². The van der Waals surface area contributed by atoms with Crippen molar-refractivity contribution in [3.63, 3.8) is 0 Å². The lowest BCUT2D eigenvalue weighted by Crippen LogP contribution is -1.90. The minimum atomic E-state index is 0.651. The molecule has 0 fully saturated rings. The molecule has 1 aromatic heterocycles. The molecule has 0 aliphatic heterocycles. The highest BCUT2D eigenvalue weighted by atomic mass is 14.7. The van der Waals surface area contributed by atoms with Crippen LogP contribution in [0.3, 0.4) is 0 Å². The number of aromatic nitrogens is 1. The van der Waals surface area contributed by atoms with Crippen molar-refractivity contribution in [2.75, 3.05) is 0 Å². The Morgan fingerprint density at radius 2 is 1.21 bits per heavy atom. The van der Waals surface area contributed by atoms with Crippen LogP contribution >= 0.6 is 0 Å². The smallest absolute Gasteiger partial charge is 0.0991 e. The molecule has 0 bridgehead atoms. The van der Waals surface area contributed by atoms with Gasteiger partial charge in [-0.15, -0.1) is 0 Å². The summed E-state index contributed by atoms with van der Waals surface area (Å²) >= 11 is 0. The molecule has 5 aromatic rings. The fourth-order valence-corrected chi connectivity index (χ4v) is 3.92. The van der Waals surface area contributed by atoms with Crippen LogP contribution < -0.4 is 0 Å². The van der Waals surface area contributed by atoms with Crippen molar-refractivity contribution in [1.29, 1.82) is 5.26 Å². The predicted octanol–water partition coefficient (Wildman–Crippen LogP) is 8.11. The Morgan fingerprint density at radius 3 is 1.85 bits per heavy atom. The first kappa shape index (κ1) is 21.1. The zero-order chi connectivity index (χ0) is 23.2. The summed E-state index contributed by atoms with van der Waals surface area (Å²) in [5.74, 6) is 0. The lowest BCUT2D eigenvalue weighted by molar-refractivity contribution is 1.37. The molecule has 0 radical (unpaired) electrons. The van der Waals surface area contributed by atoms with Crippen LogP contribution in [0.1, 0.15) is 27.9 Å². The lowest BCUT2D eigenvalue weighted by Gasteiger charge is -2.10. The summed E-state index contributed by atoms with van der Waals surface area (Å²) < 4.78 is 0. The SMILES string of the molecule is N#Cc1ccc(-c2cc(C=Cc3ccccc3)nc3ccc(C=Cc4ccccc4)cc23)cc1. The molecule has 0 aliphatic rings. The van der Waals surface area contributed by atoms with Gasteiger partial charge in [-0.3, -0.25) is 0 Å². The van der Waals surface area contributed by atoms with Crippen molar-refractivity contribution < 1.29 is 0 Å². The summed E-state index contributed by atoms with van der Waals surface area (Å²) in [5.41, 5.74) is 8.04. The second-order valence-electron chi connectivity index (χ2n) is 8.05. The van der Waals surface area contributed by atoms with E-state index in [2.05, 4.69) is 72.8 Å². The second kappa shape index (κ2) is 9.81. The standard InChI is InChI=1S/C32H22N2/c33-23-27-13-17-28(18-14-27)30-22-29(19-15-25-9-5-2-6-10-25)34-32-20-16-26(21-31(30)32)12-11-24-7-3-1-4-8-24/h1-22H. The highest BCUT2D eigenvalue weighted by Crippen LogP contribution is 2.31. The van der Waals surface area contributed by atoms with Gasteiger partial charge in [-0.25, -0.2) is 4.98 Å². The molecule has 2 nitrogen and oxygen atoms in total. The molecular weight excluding hydrogens is 412 g/mol. The molecule has 160 valence electrons. The highest BCUT2D eigenvalue weighted by molar-refractivity contribution is 5.97. The summed E-state index contributed by atoms with van der Waals surface area (Å²) in [6.07, 6.45) is 8.37. The van der Waals surface area contributed by atoms with E-state index in [0.29, 0.717) is 5.56 Å². The third kappa shape index (κ3) is 4.85. The number of hydrogen-bond acceptors (Lipinski definition) is 2. The van der Waals surface area contributed by atoms with E-state index in [1.807, 2.05) is 66.7 Å². The summed E-state index contributed by atoms with van der Waals surface area (Å²) in [5, 5.41) is 10.3. The van der Waals surface area contributed by atoms with Crippen LogP contribution in [-0.4, -0.2) is 4.98 Å². The maximum atomic E-state index is 9.21. The number of fused-ring (bicyclic) bond motifs is 1. The predicted molar refractivity (Wildman–Crippen MR) is 143 cm³/mol. The maximum absolute atomic E-state index is 9.21. The van der Waals surface area contributed by atoms with E-state index in [9.17, 15) is 5.26 Å². The molecule has 0 unspecified atom stereocenters. The Bertz CT molecular complexity index is 1520. The minimum absolute atomic E-state index is 0.651. The largest absolute Gasteiger partial charge is 0.248 e. The fraction of sp³-hybridized carbons (Fsp3) is 0. The first-order valence-electron chi connectivity index (χ1n) is 11.2. The Morgan fingerprint density at radius 1 is 0.588 bits per heavy atom. The molecule has 5 rings (SSSR count). The molecule has 0 saturated carbocycles. The average molecular weight is 435 g/mol. The van der Waals surface area contributed by atoms with E-state index in [-0.39, 0.29) is 0 Å². The van der Waals surface area contributed by atoms with Gasteiger partial charge < -0.3 is 0 Å². The number of rotatable bonds is 5. The Hall–Kier alpha value is -4.74. The minimum Gasteiger partial charge on any atom is -0.248 e. The Balaban J connectivity index is 1.60. The van der Waals surface area contributed by atoms with Crippen LogP contribution in [0.2, 0.25) is 0 Å². The van der Waals surface area contributed by atoms with Crippen LogP contribution in [0, 0.1) is 11.3 Å². The quantitative estimate of drug-likeness (QED) is 0.262. The van der Waals surface area contributed by atoms with Gasteiger partial charge in [0.05, 0.1) is 22.8 Å². The molecule has 4 aromatic carbocycles. The summed E-state index contributed by atoms with van der Waals surface area (Å²) in [6, 6.07) is 38.9. The van der Waals surface area contributed by atoms with E-state index in [4.69, 9.17) is 4.98 Å². The van der Waals surface area contributed by atoms with Gasteiger partial charge in [-0.05, 0) is 64.2 Å². The van der Waals surface area contributed by atoms with E-state index in [1.165, 1.54) is 0 Å². The average Bonchev–Trinajstić information content (AvgIpc) is 2.91. The Kier molecular flexibility index (Phi) is 6.10. The van der Waals surface area contributed by atoms with E-state index in [0.717, 1.165) is 44.4 Å². The molecule has 1 heterocycles. The fourth-order valence-electron chi connectivity index (χ4n) is 3.92. The van der Waals surface area contributed by atoms with Crippen LogP contribution in [0.15, 0.2) is 109 Å². The lowest BCUT2D eigenvalue weighted by atomic mass is 9.97. The molecule has 2 heteroatoms. The first-order valence-corrected chi connectivity index (χ1v) is 11.2. The van der Waals surface area contributed by atoms with Gasteiger partial charge in [0.25, 0.3) is 0 Å². The van der Waals surface area contributed by atoms with Crippen molar-refractivity contribution >= 4 is 35.2 Å². The monoisotopic (exact) mass is 434 g/mol. The molecule has 34 heavy (non-hydrogen) atoms. The Labute approximate surface area is 199 Å². The van der Waals surface area contributed by atoms with Crippen LogP contribution in [0.25, 0.3) is 46.3 Å². The molecule has 0 aliphatic carbocycles. The van der Waals surface area contributed by atoms with Crippen molar-refractivity contribution in [3.05, 3.63) is 137 Å². The van der Waals surface area contributed by atoms with Crippen molar-refractivity contribution in [1.82, 2.24) is 4.98 Å². The summed E-state index contributed by atoms with van der Waals surface area (Å²) in [7, 11) is 0. The number of nitriles is 1. The number of hydrogen-bond donors (Lipinski definition) is 0. The highest BCUT2D eigenvalue weighted by Gasteiger charge is 2.08. The van der Waals surface area contributed by atoms with Crippen molar-refractivity contribution in [3.8, 4) is 17.2 Å². The van der Waals surface area contributed by atoms with Gasteiger partial charge in [0, 0.05) is 5.39 Å². The summed E-state index contributed by atoms with van der Waals surface area (Å²) in [4.78, 5) is 4.91. The van der Waals surface area contributed by atoms with E-state index in [1.54, 1.807) is 0 Å². The first-order chi connectivity index (χ1) is 16.8. The molecule has 0 saturated heterocycles. The zero-order valence-electron chi connectivity index (χ0n) is 18.6. The van der Waals surface area contributed by atoms with E-state index >= 15 is 0 Å². The van der Waals surface area contributed by atoms with E-state index < -0.39 is 0 Å². The van der Waals surface area contributed by atoms with Gasteiger partial charge in [-0.1, -0.05) is 97.1 Å². The third-order valence-electron chi connectivity index (χ3n) is 5.69. The third-order valence-corrected chi connectivity index (χ3v) is 5.69. The molecular formula is C32H22N2. The second-order valence-corrected chi connectivity index (χ2v) is 8.05. The van der Waals surface area contributed by atoms with Crippen LogP contribution in [0.5, 0.6) is 0 Å². The van der Waals surface area contributed by atoms with Gasteiger partial charge >= 0.3 is 0 Å². The summed E-state index contributed by atoms with van der Waals surface area (Å²) in [6.45, 7) is 0. The molecule has 0 N–H and O–H groups in total. The van der Waals surface area contributed by atoms with Crippen molar-refractivity contribution in [2.24, 2.45) is 0 Å². The zero-order valence-corrected chi connectivity index (χ0v) is 18.6. The van der Waals surface area contributed by atoms with Gasteiger partial charge in [0.1, 0.15) is 0 Å². The molecule has 0 spiro atoms. The maximum Gasteiger partial charge on any atom is 0.0991 e. The number of nitrogens with zero attached hydrogens (tertiary/aromatic N) is 2. The van der Waals surface area contributed by atoms with Crippen molar-refractivity contribution in [2.45, 2.75) is 0 Å². The van der Waals surface area contributed by atoms with Crippen LogP contribution in [0.4, 0.5) is 0 Å². The van der Waals surface area contributed by atoms with Crippen LogP contribution in [-0.2, 0) is 0 Å². The molecule has 0 amide bonds. The normalized spacial score (nSPS) is 11.3. The topological polar surface area (TPSA) is 36.7 Å². The number of pyridine rings is 1. The number of benzene rings is 4. The van der Waals surface area contributed by atoms with Gasteiger partial charge in [0.15, 0.2) is 0 Å².